The lowest BCUT2D eigenvalue weighted by Crippen LogP contribution is -2.29. The van der Waals surface area contributed by atoms with E-state index in [1.165, 1.54) is 32.1 Å². The highest BCUT2D eigenvalue weighted by molar-refractivity contribution is 8.03. The molecule has 1 aliphatic carbocycles. The van der Waals surface area contributed by atoms with Gasteiger partial charge in [-0.15, -0.1) is 0 Å². The van der Waals surface area contributed by atoms with Crippen molar-refractivity contribution in [2.75, 3.05) is 25.0 Å². The van der Waals surface area contributed by atoms with Crippen LogP contribution in [0.15, 0.2) is 62.9 Å². The van der Waals surface area contributed by atoms with Crippen LogP contribution in [0, 0.1) is 6.92 Å². The van der Waals surface area contributed by atoms with Gasteiger partial charge in [-0.1, -0.05) is 23.9 Å². The summed E-state index contributed by atoms with van der Waals surface area (Å²) < 4.78 is 8.63. The van der Waals surface area contributed by atoms with Gasteiger partial charge in [0.15, 0.2) is 0 Å². The fourth-order valence-electron chi connectivity index (χ4n) is 3.59. The predicted octanol–water partition coefficient (Wildman–Crippen LogP) is 5.05. The van der Waals surface area contributed by atoms with Crippen LogP contribution < -0.4 is 14.8 Å². The van der Waals surface area contributed by atoms with E-state index in [0.717, 1.165) is 24.6 Å². The summed E-state index contributed by atoms with van der Waals surface area (Å²) in [6, 6.07) is 17.1. The van der Waals surface area contributed by atoms with E-state index < -0.39 is 0 Å². The van der Waals surface area contributed by atoms with Gasteiger partial charge in [0, 0.05) is 29.6 Å². The molecule has 3 nitrogen and oxygen atoms in total. The fourth-order valence-corrected chi connectivity index (χ4v) is 4.69. The summed E-state index contributed by atoms with van der Waals surface area (Å²) in [4.78, 5) is 3.51. The number of thioether (sulfide) groups is 1. The Bertz CT molecular complexity index is 1060. The number of para-hydroxylation sites is 1. The van der Waals surface area contributed by atoms with Crippen molar-refractivity contribution in [2.24, 2.45) is 0 Å². The van der Waals surface area contributed by atoms with Gasteiger partial charge in [0.25, 0.3) is 0 Å². The van der Waals surface area contributed by atoms with E-state index in [1.54, 1.807) is 11.8 Å². The van der Waals surface area contributed by atoms with Gasteiger partial charge < -0.3 is 9.32 Å². The number of fused-ring (bicyclic) bond motifs is 2. The molecule has 0 bridgehead atoms. The second kappa shape index (κ2) is 7.28. The minimum absolute atomic E-state index is 0.888. The van der Waals surface area contributed by atoms with E-state index in [9.17, 15) is 0 Å². The molecular weight excluding hydrogens is 352 g/mol. The molecule has 138 valence electrons. The minimum atomic E-state index is 0.888. The summed E-state index contributed by atoms with van der Waals surface area (Å²) >= 11 is 1.78. The normalized spacial score (nSPS) is 14.8. The van der Waals surface area contributed by atoms with Crippen LogP contribution in [0.3, 0.4) is 0 Å². The molecule has 0 atom stereocenters. The van der Waals surface area contributed by atoms with Crippen LogP contribution in [-0.4, -0.2) is 20.1 Å². The van der Waals surface area contributed by atoms with E-state index in [0.29, 0.717) is 0 Å². The molecule has 2 aliphatic heterocycles. The molecule has 27 heavy (non-hydrogen) atoms. The van der Waals surface area contributed by atoms with Crippen LogP contribution in [0.2, 0.25) is 0 Å². The highest BCUT2D eigenvalue weighted by Crippen LogP contribution is 2.45. The van der Waals surface area contributed by atoms with E-state index in [4.69, 9.17) is 4.42 Å². The maximum absolute atomic E-state index is 6.29. The zero-order chi connectivity index (χ0) is 19.0. The molecule has 0 saturated carbocycles. The average molecular weight is 378 g/mol. The lowest BCUT2D eigenvalue weighted by atomic mass is 10.0. The molecule has 0 aromatic heterocycles. The van der Waals surface area contributed by atoms with Gasteiger partial charge in [0.2, 0.25) is 5.36 Å². The quantitative estimate of drug-likeness (QED) is 0.596. The molecule has 1 aromatic rings. The van der Waals surface area contributed by atoms with Crippen LogP contribution >= 0.6 is 11.8 Å². The molecule has 4 rings (SSSR count). The molecule has 0 spiro atoms. The molecule has 4 heteroatoms. The molecule has 0 saturated heterocycles. The van der Waals surface area contributed by atoms with Crippen molar-refractivity contribution in [1.29, 1.82) is 0 Å². The van der Waals surface area contributed by atoms with Crippen LogP contribution in [0.4, 0.5) is 5.69 Å². The van der Waals surface area contributed by atoms with Crippen LogP contribution in [-0.2, 0) is 0 Å². The Morgan fingerprint density at radius 3 is 2.59 bits per heavy atom. The van der Waals surface area contributed by atoms with E-state index >= 15 is 0 Å². The summed E-state index contributed by atoms with van der Waals surface area (Å²) in [5, 5.41) is 2.39. The van der Waals surface area contributed by atoms with Gasteiger partial charge in [-0.05, 0) is 50.6 Å². The van der Waals surface area contributed by atoms with E-state index in [-0.39, 0.29) is 0 Å². The standard InChI is InChI=1S/C23H25N2OS/c1-5-25(6-2)17-11-12-19-16(3)13-18(26-21(19)14-17)15-23-24(4)20-9-7-8-10-22(20)27-23/h7-15H,5-6H2,1-4H3/q+1. The SMILES string of the molecule is CC[N+](CC)=c1ccc2c(C)cc(/C=C3\Sc4ccccc4N3C)oc-2c1. The Balaban J connectivity index is 1.80. The summed E-state index contributed by atoms with van der Waals surface area (Å²) in [5.41, 5.74) is 3.65. The van der Waals surface area contributed by atoms with Crippen molar-refractivity contribution in [3.63, 3.8) is 0 Å². The fraction of sp³-hybridized carbons (Fsp3) is 0.261. The highest BCUT2D eigenvalue weighted by atomic mass is 32.2. The predicted molar refractivity (Wildman–Crippen MR) is 115 cm³/mol. The lowest BCUT2D eigenvalue weighted by Gasteiger charge is -2.14. The van der Waals surface area contributed by atoms with Crippen molar-refractivity contribution in [3.8, 4) is 11.3 Å². The number of nitrogens with zero attached hydrogens (tertiary/aromatic N) is 2. The van der Waals surface area contributed by atoms with Crippen molar-refractivity contribution >= 4 is 23.5 Å². The third-order valence-electron chi connectivity index (χ3n) is 5.14. The van der Waals surface area contributed by atoms with Crippen LogP contribution in [0.5, 0.6) is 0 Å². The summed E-state index contributed by atoms with van der Waals surface area (Å²) in [6.45, 7) is 8.50. The van der Waals surface area contributed by atoms with E-state index in [1.807, 2.05) is 0 Å². The topological polar surface area (TPSA) is 19.4 Å². The number of hydrogen-bond acceptors (Lipinski definition) is 3. The van der Waals surface area contributed by atoms with E-state index in [2.05, 4.69) is 91.9 Å². The molecule has 2 heterocycles. The van der Waals surface area contributed by atoms with Gasteiger partial charge >= 0.3 is 0 Å². The monoisotopic (exact) mass is 377 g/mol. The Morgan fingerprint density at radius 1 is 1.07 bits per heavy atom. The number of benzene rings is 2. The van der Waals surface area contributed by atoms with Crippen molar-refractivity contribution < 1.29 is 4.42 Å². The Labute approximate surface area is 165 Å². The third kappa shape index (κ3) is 3.30. The number of anilines is 1. The number of hydrogen-bond donors (Lipinski definition) is 0. The molecule has 0 N–H and O–H groups in total. The van der Waals surface area contributed by atoms with Crippen LogP contribution in [0.1, 0.15) is 25.2 Å². The Morgan fingerprint density at radius 2 is 1.85 bits per heavy atom. The number of rotatable bonds is 3. The van der Waals surface area contributed by atoms with Gasteiger partial charge in [-0.25, -0.2) is 4.58 Å². The average Bonchev–Trinajstić information content (AvgIpc) is 2.98. The van der Waals surface area contributed by atoms with Gasteiger partial charge in [-0.3, -0.25) is 0 Å². The van der Waals surface area contributed by atoms with Crippen molar-refractivity contribution in [2.45, 2.75) is 25.7 Å². The first-order valence-corrected chi connectivity index (χ1v) is 10.3. The van der Waals surface area contributed by atoms with Gasteiger partial charge in [0.05, 0.1) is 16.8 Å². The smallest absolute Gasteiger partial charge is 0.203 e. The molecule has 0 unspecified atom stereocenters. The largest absolute Gasteiger partial charge is 0.456 e. The molecule has 0 amide bonds. The Hall–Kier alpha value is -2.46. The maximum atomic E-state index is 6.29. The second-order valence-electron chi connectivity index (χ2n) is 6.80. The highest BCUT2D eigenvalue weighted by Gasteiger charge is 2.22. The minimum Gasteiger partial charge on any atom is -0.456 e. The first-order chi connectivity index (χ1) is 13.1. The second-order valence-corrected chi connectivity index (χ2v) is 7.86. The third-order valence-corrected chi connectivity index (χ3v) is 6.31. The molecule has 0 radical (unpaired) electrons. The summed E-state index contributed by atoms with van der Waals surface area (Å²) in [5.74, 6) is 1.83. The lowest BCUT2D eigenvalue weighted by molar-refractivity contribution is 0.549. The number of aryl methyl sites for hydroxylation is 1. The first kappa shape index (κ1) is 17.9. The first-order valence-electron chi connectivity index (χ1n) is 9.45. The zero-order valence-corrected chi connectivity index (χ0v) is 17.1. The van der Waals surface area contributed by atoms with Crippen molar-refractivity contribution in [3.05, 3.63) is 70.2 Å². The summed E-state index contributed by atoms with van der Waals surface area (Å²) in [6.07, 6.45) is 2.14. The maximum Gasteiger partial charge on any atom is 0.203 e. The summed E-state index contributed by atoms with van der Waals surface area (Å²) in [7, 11) is 2.11. The molecule has 3 aliphatic rings. The van der Waals surface area contributed by atoms with Crippen LogP contribution in [0.25, 0.3) is 17.4 Å². The van der Waals surface area contributed by atoms with Gasteiger partial charge in [-0.2, -0.15) is 0 Å². The zero-order valence-electron chi connectivity index (χ0n) is 16.3. The van der Waals surface area contributed by atoms with Gasteiger partial charge in [0.1, 0.15) is 24.6 Å². The molecule has 1 aromatic carbocycles. The molecule has 0 fully saturated rings. The Kier molecular flexibility index (Phi) is 4.83. The van der Waals surface area contributed by atoms with Crippen molar-refractivity contribution in [1.82, 2.24) is 4.58 Å². The molecular formula is C23H25N2OS+.